The van der Waals surface area contributed by atoms with Gasteiger partial charge < -0.3 is 15.2 Å². The number of ether oxygens (including phenoxy) is 1. The van der Waals surface area contributed by atoms with Gasteiger partial charge in [-0.15, -0.1) is 0 Å². The molecule has 2 unspecified atom stereocenters. The molecule has 1 heterocycles. The molecule has 1 aromatic rings. The third-order valence-electron chi connectivity index (χ3n) is 3.65. The van der Waals surface area contributed by atoms with Crippen LogP contribution >= 0.6 is 0 Å². The van der Waals surface area contributed by atoms with E-state index in [1.54, 1.807) is 12.1 Å². The van der Waals surface area contributed by atoms with Crippen molar-refractivity contribution in [3.05, 3.63) is 35.4 Å². The molecule has 1 aliphatic rings. The Labute approximate surface area is 111 Å². The van der Waals surface area contributed by atoms with Crippen LogP contribution in [0.2, 0.25) is 0 Å². The van der Waals surface area contributed by atoms with Gasteiger partial charge in [0.25, 0.3) is 6.43 Å². The van der Waals surface area contributed by atoms with Crippen LogP contribution in [-0.4, -0.2) is 30.0 Å². The van der Waals surface area contributed by atoms with E-state index >= 15 is 0 Å². The maximum absolute atomic E-state index is 12.4. The molecule has 2 N–H and O–H groups in total. The maximum atomic E-state index is 12.4. The SMILES string of the molecule is CC1OCCC1(O)CNCc1ccc(C(F)F)cc1. The zero-order chi connectivity index (χ0) is 13.9. The quantitative estimate of drug-likeness (QED) is 0.863. The summed E-state index contributed by atoms with van der Waals surface area (Å²) in [5.41, 5.74) is 0.114. The van der Waals surface area contributed by atoms with Crippen LogP contribution < -0.4 is 5.32 Å². The zero-order valence-corrected chi connectivity index (χ0v) is 10.9. The Morgan fingerprint density at radius 2 is 2.11 bits per heavy atom. The summed E-state index contributed by atoms with van der Waals surface area (Å²) in [6, 6.07) is 6.20. The van der Waals surface area contributed by atoms with Crippen molar-refractivity contribution in [2.45, 2.75) is 38.0 Å². The number of hydrogen-bond donors (Lipinski definition) is 2. The van der Waals surface area contributed by atoms with E-state index in [0.29, 0.717) is 26.1 Å². The fourth-order valence-electron chi connectivity index (χ4n) is 2.21. The van der Waals surface area contributed by atoms with Crippen LogP contribution in [-0.2, 0) is 11.3 Å². The Kier molecular flexibility index (Phi) is 4.50. The predicted octanol–water partition coefficient (Wildman–Crippen LogP) is 2.25. The molecule has 1 saturated heterocycles. The van der Waals surface area contributed by atoms with E-state index in [-0.39, 0.29) is 11.7 Å². The van der Waals surface area contributed by atoms with Crippen LogP contribution in [0.1, 0.15) is 30.9 Å². The Balaban J connectivity index is 1.82. The van der Waals surface area contributed by atoms with Gasteiger partial charge in [-0.3, -0.25) is 0 Å². The van der Waals surface area contributed by atoms with Crippen LogP contribution in [0.3, 0.4) is 0 Å². The zero-order valence-electron chi connectivity index (χ0n) is 10.9. The summed E-state index contributed by atoms with van der Waals surface area (Å²) in [6.07, 6.45) is -1.99. The predicted molar refractivity (Wildman–Crippen MR) is 68.1 cm³/mol. The van der Waals surface area contributed by atoms with E-state index in [1.165, 1.54) is 12.1 Å². The van der Waals surface area contributed by atoms with Gasteiger partial charge in [-0.05, 0) is 12.5 Å². The Bertz CT molecular complexity index is 410. The van der Waals surface area contributed by atoms with E-state index in [9.17, 15) is 13.9 Å². The van der Waals surface area contributed by atoms with Gasteiger partial charge in [0, 0.05) is 31.7 Å². The first-order chi connectivity index (χ1) is 9.01. The van der Waals surface area contributed by atoms with Gasteiger partial charge >= 0.3 is 0 Å². The normalized spacial score (nSPS) is 27.1. The van der Waals surface area contributed by atoms with E-state index < -0.39 is 12.0 Å². The molecule has 0 radical (unpaired) electrons. The topological polar surface area (TPSA) is 41.5 Å². The smallest absolute Gasteiger partial charge is 0.263 e. The fourth-order valence-corrected chi connectivity index (χ4v) is 2.21. The standard InChI is InChI=1S/C14H19F2NO2/c1-10-14(18,6-7-19-10)9-17-8-11-2-4-12(5-3-11)13(15)16/h2-5,10,13,17-18H,6-9H2,1H3. The molecule has 1 aromatic carbocycles. The summed E-state index contributed by atoms with van der Waals surface area (Å²) < 4.78 is 30.1. The fraction of sp³-hybridized carbons (Fsp3) is 0.571. The molecular weight excluding hydrogens is 252 g/mol. The van der Waals surface area contributed by atoms with Gasteiger partial charge in [0.05, 0.1) is 6.10 Å². The van der Waals surface area contributed by atoms with Crippen LogP contribution in [0.4, 0.5) is 8.78 Å². The number of alkyl halides is 2. The number of halogens is 2. The van der Waals surface area contributed by atoms with Gasteiger partial charge in [0.1, 0.15) is 5.60 Å². The minimum Gasteiger partial charge on any atom is -0.386 e. The first-order valence-electron chi connectivity index (χ1n) is 6.43. The van der Waals surface area contributed by atoms with Crippen molar-refractivity contribution in [3.63, 3.8) is 0 Å². The molecule has 106 valence electrons. The molecule has 0 aromatic heterocycles. The van der Waals surface area contributed by atoms with Gasteiger partial charge in [-0.2, -0.15) is 0 Å². The first kappa shape index (κ1) is 14.4. The van der Waals surface area contributed by atoms with Gasteiger partial charge in [-0.25, -0.2) is 8.78 Å². The molecule has 1 fully saturated rings. The highest BCUT2D eigenvalue weighted by Crippen LogP contribution is 2.25. The van der Waals surface area contributed by atoms with Crippen LogP contribution in [0, 0.1) is 0 Å². The van der Waals surface area contributed by atoms with E-state index in [2.05, 4.69) is 5.32 Å². The summed E-state index contributed by atoms with van der Waals surface area (Å²) in [5, 5.41) is 13.4. The lowest BCUT2D eigenvalue weighted by atomic mass is 9.96. The Morgan fingerprint density at radius 1 is 1.42 bits per heavy atom. The van der Waals surface area contributed by atoms with Crippen molar-refractivity contribution in [2.75, 3.05) is 13.2 Å². The molecule has 0 saturated carbocycles. The second kappa shape index (κ2) is 5.94. The number of aliphatic hydroxyl groups is 1. The summed E-state index contributed by atoms with van der Waals surface area (Å²) in [4.78, 5) is 0. The van der Waals surface area contributed by atoms with Gasteiger partial charge in [0.15, 0.2) is 0 Å². The van der Waals surface area contributed by atoms with Crippen molar-refractivity contribution in [2.24, 2.45) is 0 Å². The Morgan fingerprint density at radius 3 is 2.63 bits per heavy atom. The highest BCUT2D eigenvalue weighted by atomic mass is 19.3. The lowest BCUT2D eigenvalue weighted by Gasteiger charge is -2.26. The van der Waals surface area contributed by atoms with Crippen LogP contribution in [0.25, 0.3) is 0 Å². The van der Waals surface area contributed by atoms with Crippen molar-refractivity contribution in [1.29, 1.82) is 0 Å². The highest BCUT2D eigenvalue weighted by molar-refractivity contribution is 5.23. The summed E-state index contributed by atoms with van der Waals surface area (Å²) in [7, 11) is 0. The molecule has 2 rings (SSSR count). The molecule has 3 nitrogen and oxygen atoms in total. The maximum Gasteiger partial charge on any atom is 0.263 e. The Hall–Kier alpha value is -1.04. The molecule has 5 heteroatoms. The van der Waals surface area contributed by atoms with Crippen molar-refractivity contribution in [3.8, 4) is 0 Å². The molecule has 19 heavy (non-hydrogen) atoms. The van der Waals surface area contributed by atoms with Crippen molar-refractivity contribution < 1.29 is 18.6 Å². The van der Waals surface area contributed by atoms with E-state index in [4.69, 9.17) is 4.74 Å². The van der Waals surface area contributed by atoms with E-state index in [0.717, 1.165) is 5.56 Å². The second-order valence-corrected chi connectivity index (χ2v) is 5.01. The molecule has 0 aliphatic carbocycles. The number of rotatable bonds is 5. The van der Waals surface area contributed by atoms with E-state index in [1.807, 2.05) is 6.92 Å². The summed E-state index contributed by atoms with van der Waals surface area (Å²) in [5.74, 6) is 0. The second-order valence-electron chi connectivity index (χ2n) is 5.01. The summed E-state index contributed by atoms with van der Waals surface area (Å²) in [6.45, 7) is 3.40. The molecule has 1 aliphatic heterocycles. The average Bonchev–Trinajstić information content (AvgIpc) is 2.70. The molecule has 0 spiro atoms. The molecular formula is C14H19F2NO2. The highest BCUT2D eigenvalue weighted by Gasteiger charge is 2.38. The first-order valence-corrected chi connectivity index (χ1v) is 6.43. The van der Waals surface area contributed by atoms with Crippen LogP contribution in [0.5, 0.6) is 0 Å². The minimum absolute atomic E-state index is 0.0280. The lowest BCUT2D eigenvalue weighted by Crippen LogP contribution is -2.45. The number of hydrogen-bond acceptors (Lipinski definition) is 3. The van der Waals surface area contributed by atoms with Crippen LogP contribution in [0.15, 0.2) is 24.3 Å². The van der Waals surface area contributed by atoms with Crippen molar-refractivity contribution >= 4 is 0 Å². The molecule has 0 bridgehead atoms. The lowest BCUT2D eigenvalue weighted by molar-refractivity contribution is -0.0262. The third-order valence-corrected chi connectivity index (χ3v) is 3.65. The molecule has 0 amide bonds. The van der Waals surface area contributed by atoms with Gasteiger partial charge in [0.2, 0.25) is 0 Å². The number of nitrogens with one attached hydrogen (secondary N) is 1. The van der Waals surface area contributed by atoms with Gasteiger partial charge in [-0.1, -0.05) is 24.3 Å². The molecule has 2 atom stereocenters. The number of benzene rings is 1. The average molecular weight is 271 g/mol. The van der Waals surface area contributed by atoms with Crippen molar-refractivity contribution in [1.82, 2.24) is 5.32 Å². The largest absolute Gasteiger partial charge is 0.386 e. The monoisotopic (exact) mass is 271 g/mol. The third kappa shape index (κ3) is 3.49. The summed E-state index contributed by atoms with van der Waals surface area (Å²) >= 11 is 0. The minimum atomic E-state index is -2.43.